The Balaban J connectivity index is 2.06. The molecule has 0 aromatic carbocycles. The molecule has 0 aliphatic carbocycles. The highest BCUT2D eigenvalue weighted by atomic mass is 32.2. The predicted octanol–water partition coefficient (Wildman–Crippen LogP) is 2.54. The van der Waals surface area contributed by atoms with Crippen LogP contribution >= 0.6 is 23.3 Å². The Bertz CT molecular complexity index is 237. The minimum atomic E-state index is 0.573. The van der Waals surface area contributed by atoms with Crippen molar-refractivity contribution in [3.63, 3.8) is 0 Å². The van der Waals surface area contributed by atoms with Crippen LogP contribution in [-0.4, -0.2) is 15.1 Å². The minimum Gasteiger partial charge on any atom is -0.374 e. The molecule has 1 aromatic heterocycles. The van der Waals surface area contributed by atoms with Crippen molar-refractivity contribution >= 4 is 28.4 Å². The first-order chi connectivity index (χ1) is 6.33. The number of aromatic nitrogens is 2. The summed E-state index contributed by atoms with van der Waals surface area (Å²) >= 11 is 3.16. The molecule has 74 valence electrons. The lowest BCUT2D eigenvalue weighted by molar-refractivity contribution is 0.778. The number of nitrogens with two attached hydrogens (primary N) is 1. The molecule has 0 fully saturated rings. The smallest absolute Gasteiger partial charge is 0.199 e. The van der Waals surface area contributed by atoms with Crippen LogP contribution in [0.3, 0.4) is 0 Å². The van der Waals surface area contributed by atoms with E-state index in [9.17, 15) is 0 Å². The number of unbranched alkanes of at least 4 members (excludes halogenated alkanes) is 2. The van der Waals surface area contributed by atoms with E-state index in [1.54, 1.807) is 0 Å². The van der Waals surface area contributed by atoms with Crippen molar-refractivity contribution in [2.45, 2.75) is 31.9 Å². The third-order valence-electron chi connectivity index (χ3n) is 1.61. The van der Waals surface area contributed by atoms with Crippen LogP contribution < -0.4 is 5.73 Å². The monoisotopic (exact) mass is 217 g/mol. The van der Waals surface area contributed by atoms with Crippen molar-refractivity contribution < 1.29 is 0 Å². The van der Waals surface area contributed by atoms with Gasteiger partial charge in [0, 0.05) is 11.5 Å². The summed E-state index contributed by atoms with van der Waals surface area (Å²) in [6.45, 7) is 2.22. The van der Waals surface area contributed by atoms with E-state index in [-0.39, 0.29) is 0 Å². The van der Waals surface area contributed by atoms with E-state index >= 15 is 0 Å². The van der Waals surface area contributed by atoms with Crippen LogP contribution in [0, 0.1) is 0 Å². The fourth-order valence-corrected chi connectivity index (χ4v) is 2.34. The second kappa shape index (κ2) is 6.21. The van der Waals surface area contributed by atoms with Crippen LogP contribution in [-0.2, 0) is 5.75 Å². The van der Waals surface area contributed by atoms with Gasteiger partial charge in [0.1, 0.15) is 0 Å². The van der Waals surface area contributed by atoms with E-state index < -0.39 is 0 Å². The lowest BCUT2D eigenvalue weighted by Crippen LogP contribution is -1.87. The Hall–Kier alpha value is -0.290. The molecular weight excluding hydrogens is 202 g/mol. The summed E-state index contributed by atoms with van der Waals surface area (Å²) in [5.41, 5.74) is 5.47. The summed E-state index contributed by atoms with van der Waals surface area (Å²) < 4.78 is 4.12. The number of thioether (sulfide) groups is 1. The normalized spacial score (nSPS) is 10.5. The molecule has 0 bridgehead atoms. The van der Waals surface area contributed by atoms with E-state index in [0.717, 1.165) is 11.6 Å². The standard InChI is InChI=1S/C8H15N3S2/c1-2-3-4-5-12-6-7-10-8(9)13-11-7/h2-6H2,1H3,(H2,9,10,11). The molecule has 0 atom stereocenters. The molecule has 13 heavy (non-hydrogen) atoms. The van der Waals surface area contributed by atoms with Crippen LogP contribution in [0.2, 0.25) is 0 Å². The first kappa shape index (κ1) is 10.8. The van der Waals surface area contributed by atoms with Crippen molar-refractivity contribution in [2.75, 3.05) is 11.5 Å². The zero-order valence-electron chi connectivity index (χ0n) is 7.82. The molecule has 0 saturated heterocycles. The van der Waals surface area contributed by atoms with Gasteiger partial charge >= 0.3 is 0 Å². The van der Waals surface area contributed by atoms with Gasteiger partial charge in [-0.25, -0.2) is 4.98 Å². The average Bonchev–Trinajstić information content (AvgIpc) is 2.51. The van der Waals surface area contributed by atoms with Crippen LogP contribution in [0.1, 0.15) is 32.0 Å². The fraction of sp³-hybridized carbons (Fsp3) is 0.750. The third-order valence-corrected chi connectivity index (χ3v) is 3.23. The maximum Gasteiger partial charge on any atom is 0.199 e. The maximum absolute atomic E-state index is 5.47. The number of hydrogen-bond donors (Lipinski definition) is 1. The van der Waals surface area contributed by atoms with Crippen molar-refractivity contribution in [1.82, 2.24) is 9.36 Å². The summed E-state index contributed by atoms with van der Waals surface area (Å²) in [6, 6.07) is 0. The van der Waals surface area contributed by atoms with Gasteiger partial charge in [0.2, 0.25) is 0 Å². The zero-order chi connectivity index (χ0) is 9.52. The SMILES string of the molecule is CCCCCSCc1nsc(N)n1. The number of rotatable bonds is 6. The lowest BCUT2D eigenvalue weighted by atomic mass is 10.3. The molecule has 0 saturated carbocycles. The highest BCUT2D eigenvalue weighted by molar-refractivity contribution is 7.98. The van der Waals surface area contributed by atoms with E-state index in [1.807, 2.05) is 11.8 Å². The number of hydrogen-bond acceptors (Lipinski definition) is 5. The molecule has 0 aliphatic heterocycles. The lowest BCUT2D eigenvalue weighted by Gasteiger charge is -1.96. The van der Waals surface area contributed by atoms with Crippen molar-refractivity contribution in [2.24, 2.45) is 0 Å². The van der Waals surface area contributed by atoms with Crippen molar-refractivity contribution in [1.29, 1.82) is 0 Å². The second-order valence-corrected chi connectivity index (χ2v) is 4.70. The molecule has 1 rings (SSSR count). The third kappa shape index (κ3) is 4.47. The summed E-state index contributed by atoms with van der Waals surface area (Å²) in [5, 5.41) is 0.573. The average molecular weight is 217 g/mol. The van der Waals surface area contributed by atoms with Crippen molar-refractivity contribution in [3.8, 4) is 0 Å². The Morgan fingerprint density at radius 3 is 2.92 bits per heavy atom. The molecule has 2 N–H and O–H groups in total. The zero-order valence-corrected chi connectivity index (χ0v) is 9.46. The van der Waals surface area contributed by atoms with E-state index in [4.69, 9.17) is 5.73 Å². The largest absolute Gasteiger partial charge is 0.374 e. The van der Waals surface area contributed by atoms with Crippen LogP contribution in [0.4, 0.5) is 5.13 Å². The van der Waals surface area contributed by atoms with Crippen LogP contribution in [0.15, 0.2) is 0 Å². The first-order valence-electron chi connectivity index (χ1n) is 4.48. The van der Waals surface area contributed by atoms with Gasteiger partial charge in [0.25, 0.3) is 0 Å². The van der Waals surface area contributed by atoms with Gasteiger partial charge in [0.15, 0.2) is 11.0 Å². The molecule has 0 aliphatic rings. The number of nitrogens with zero attached hydrogens (tertiary/aromatic N) is 2. The molecule has 0 amide bonds. The summed E-state index contributed by atoms with van der Waals surface area (Å²) in [7, 11) is 0. The van der Waals surface area contributed by atoms with Gasteiger partial charge in [-0.05, 0) is 12.2 Å². The Kier molecular flexibility index (Phi) is 5.15. The minimum absolute atomic E-state index is 0.573. The number of anilines is 1. The van der Waals surface area contributed by atoms with Gasteiger partial charge in [-0.1, -0.05) is 19.8 Å². The maximum atomic E-state index is 5.47. The molecule has 3 nitrogen and oxygen atoms in total. The first-order valence-corrected chi connectivity index (χ1v) is 6.41. The van der Waals surface area contributed by atoms with E-state index in [0.29, 0.717) is 5.13 Å². The quantitative estimate of drug-likeness (QED) is 0.744. The molecule has 1 heterocycles. The van der Waals surface area contributed by atoms with Gasteiger partial charge in [-0.3, -0.25) is 0 Å². The molecule has 0 unspecified atom stereocenters. The number of nitrogen functional groups attached to an aromatic ring is 1. The molecule has 1 aromatic rings. The predicted molar refractivity (Wildman–Crippen MR) is 60.0 cm³/mol. The Morgan fingerprint density at radius 1 is 1.46 bits per heavy atom. The Labute approximate surface area is 87.3 Å². The van der Waals surface area contributed by atoms with Gasteiger partial charge in [-0.2, -0.15) is 16.1 Å². The molecule has 0 spiro atoms. The molecular formula is C8H15N3S2. The summed E-state index contributed by atoms with van der Waals surface area (Å²) in [5.74, 6) is 2.98. The molecule has 0 radical (unpaired) electrons. The highest BCUT2D eigenvalue weighted by Crippen LogP contribution is 2.14. The highest BCUT2D eigenvalue weighted by Gasteiger charge is 1.99. The van der Waals surface area contributed by atoms with Crippen molar-refractivity contribution in [3.05, 3.63) is 5.82 Å². The summed E-state index contributed by atoms with van der Waals surface area (Å²) in [6.07, 6.45) is 3.89. The topological polar surface area (TPSA) is 51.8 Å². The van der Waals surface area contributed by atoms with Crippen LogP contribution in [0.5, 0.6) is 0 Å². The van der Waals surface area contributed by atoms with Gasteiger partial charge < -0.3 is 5.73 Å². The summed E-state index contributed by atoms with van der Waals surface area (Å²) in [4.78, 5) is 4.09. The fourth-order valence-electron chi connectivity index (χ4n) is 0.944. The van der Waals surface area contributed by atoms with E-state index in [2.05, 4.69) is 16.3 Å². The van der Waals surface area contributed by atoms with Gasteiger partial charge in [-0.15, -0.1) is 0 Å². The second-order valence-electron chi connectivity index (χ2n) is 2.81. The van der Waals surface area contributed by atoms with Crippen LogP contribution in [0.25, 0.3) is 0 Å². The molecule has 5 heteroatoms. The van der Waals surface area contributed by atoms with E-state index in [1.165, 1.54) is 36.5 Å². The Morgan fingerprint density at radius 2 is 2.31 bits per heavy atom. The van der Waals surface area contributed by atoms with Gasteiger partial charge in [0.05, 0.1) is 5.75 Å².